The molecule has 47 heavy (non-hydrogen) atoms. The molecular formula is C41H33N5O. The molecule has 228 valence electrons. The highest BCUT2D eigenvalue weighted by Crippen LogP contribution is 2.40. The van der Waals surface area contributed by atoms with Gasteiger partial charge in [0.15, 0.2) is 0 Å². The molecule has 8 aromatic rings. The van der Waals surface area contributed by atoms with Gasteiger partial charge in [-0.1, -0.05) is 64.1 Å². The number of fused-ring (bicyclic) bond motifs is 6. The molecule has 0 saturated heterocycles. The van der Waals surface area contributed by atoms with Crippen LogP contribution in [0, 0.1) is 6.57 Å². The third kappa shape index (κ3) is 4.71. The number of benzene rings is 4. The summed E-state index contributed by atoms with van der Waals surface area (Å²) < 4.78 is 10.9. The number of pyridine rings is 2. The molecule has 0 aliphatic carbocycles. The van der Waals surface area contributed by atoms with E-state index in [9.17, 15) is 0 Å². The van der Waals surface area contributed by atoms with Crippen LogP contribution in [0.1, 0.15) is 50.7 Å². The van der Waals surface area contributed by atoms with E-state index in [1.54, 1.807) is 0 Å². The average Bonchev–Trinajstić information content (AvgIpc) is 3.60. The van der Waals surface area contributed by atoms with Gasteiger partial charge in [0.1, 0.15) is 23.1 Å². The summed E-state index contributed by atoms with van der Waals surface area (Å²) in [5, 5.41) is 4.37. The summed E-state index contributed by atoms with van der Waals surface area (Å²) in [6.07, 6.45) is 3.74. The second-order valence-corrected chi connectivity index (χ2v) is 12.6. The molecule has 0 atom stereocenters. The first-order valence-corrected chi connectivity index (χ1v) is 16.0. The first-order chi connectivity index (χ1) is 22.9. The molecule has 0 unspecified atom stereocenters. The number of hydrogen-bond acceptors (Lipinski definition) is 3. The van der Waals surface area contributed by atoms with Gasteiger partial charge in [0.2, 0.25) is 5.69 Å². The highest BCUT2D eigenvalue weighted by atomic mass is 16.5. The fourth-order valence-corrected chi connectivity index (χ4v) is 6.65. The van der Waals surface area contributed by atoms with Crippen molar-refractivity contribution >= 4 is 49.3 Å². The Morgan fingerprint density at radius 2 is 1.13 bits per heavy atom. The van der Waals surface area contributed by atoms with E-state index in [-0.39, 0.29) is 0 Å². The van der Waals surface area contributed by atoms with E-state index in [4.69, 9.17) is 21.3 Å². The molecule has 4 aromatic carbocycles. The zero-order valence-electron chi connectivity index (χ0n) is 26.8. The average molecular weight is 612 g/mol. The smallest absolute Gasteiger partial charge is 0.211 e. The number of aromatic nitrogens is 4. The molecule has 6 nitrogen and oxygen atoms in total. The molecule has 0 radical (unpaired) electrons. The van der Waals surface area contributed by atoms with Gasteiger partial charge < -0.3 is 9.30 Å². The van der Waals surface area contributed by atoms with Gasteiger partial charge in [-0.15, -0.1) is 0 Å². The largest absolute Gasteiger partial charge is 0.457 e. The Morgan fingerprint density at radius 3 is 1.77 bits per heavy atom. The van der Waals surface area contributed by atoms with Gasteiger partial charge in [-0.2, -0.15) is 0 Å². The summed E-state index contributed by atoms with van der Waals surface area (Å²) in [5.74, 6) is 3.84. The molecule has 0 bridgehead atoms. The van der Waals surface area contributed by atoms with Crippen molar-refractivity contribution in [2.75, 3.05) is 0 Å². The Morgan fingerprint density at radius 1 is 0.574 bits per heavy atom. The van der Waals surface area contributed by atoms with E-state index >= 15 is 0 Å². The molecule has 0 spiro atoms. The van der Waals surface area contributed by atoms with Crippen molar-refractivity contribution in [3.8, 4) is 23.1 Å². The summed E-state index contributed by atoms with van der Waals surface area (Å²) in [4.78, 5) is 13.5. The minimum Gasteiger partial charge on any atom is -0.457 e. The maximum atomic E-state index is 7.94. The van der Waals surface area contributed by atoms with E-state index in [1.165, 1.54) is 16.5 Å². The van der Waals surface area contributed by atoms with Crippen molar-refractivity contribution in [1.29, 1.82) is 0 Å². The van der Waals surface area contributed by atoms with Crippen LogP contribution in [-0.2, 0) is 0 Å². The molecule has 0 saturated carbocycles. The molecular weight excluding hydrogens is 578 g/mol. The molecule has 0 fully saturated rings. The molecule has 0 amide bonds. The fourth-order valence-electron chi connectivity index (χ4n) is 6.65. The summed E-state index contributed by atoms with van der Waals surface area (Å²) in [6, 6.07) is 35.2. The summed E-state index contributed by atoms with van der Waals surface area (Å²) in [5.41, 5.74) is 6.94. The topological polar surface area (TPSA) is 49.2 Å². The Bertz CT molecular complexity index is 2530. The molecule has 0 aliphatic heterocycles. The molecule has 4 aromatic heterocycles. The van der Waals surface area contributed by atoms with Gasteiger partial charge in [-0.25, -0.2) is 14.8 Å². The van der Waals surface area contributed by atoms with Crippen molar-refractivity contribution in [1.82, 2.24) is 19.1 Å². The SMILES string of the molecule is [C-]#[N+]c1cccc2c3ccc(Oc4ccc5c6ccccc6n(-c6cc(C(C)C)ccn6)c5c4)cc3n(-c3cc(C(C)C)ccn3)c12. The number of nitrogens with zero attached hydrogens (tertiary/aromatic N) is 5. The van der Waals surface area contributed by atoms with Crippen LogP contribution < -0.4 is 4.74 Å². The molecule has 6 heteroatoms. The van der Waals surface area contributed by atoms with E-state index in [0.717, 1.165) is 55.6 Å². The van der Waals surface area contributed by atoms with Crippen molar-refractivity contribution in [2.24, 2.45) is 0 Å². The number of ether oxygens (including phenoxy) is 1. The zero-order valence-corrected chi connectivity index (χ0v) is 26.8. The lowest BCUT2D eigenvalue weighted by Gasteiger charge is -2.13. The molecule has 0 aliphatic rings. The van der Waals surface area contributed by atoms with E-state index in [2.05, 4.69) is 121 Å². The van der Waals surface area contributed by atoms with Crippen molar-refractivity contribution < 1.29 is 4.74 Å². The van der Waals surface area contributed by atoms with E-state index in [1.807, 2.05) is 36.7 Å². The Kier molecular flexibility index (Phi) is 6.77. The van der Waals surface area contributed by atoms with E-state index < -0.39 is 0 Å². The van der Waals surface area contributed by atoms with Gasteiger partial charge in [-0.05, 0) is 82.9 Å². The quantitative estimate of drug-likeness (QED) is 0.176. The van der Waals surface area contributed by atoms with Crippen molar-refractivity contribution in [3.63, 3.8) is 0 Å². The maximum Gasteiger partial charge on any atom is 0.211 e. The third-order valence-corrected chi connectivity index (χ3v) is 9.07. The summed E-state index contributed by atoms with van der Waals surface area (Å²) in [7, 11) is 0. The van der Waals surface area contributed by atoms with Gasteiger partial charge >= 0.3 is 0 Å². The zero-order chi connectivity index (χ0) is 32.2. The minimum absolute atomic E-state index is 0.345. The lowest BCUT2D eigenvalue weighted by Crippen LogP contribution is -2.00. The Balaban J connectivity index is 1.30. The summed E-state index contributed by atoms with van der Waals surface area (Å²) >= 11 is 0. The highest BCUT2D eigenvalue weighted by molar-refractivity contribution is 6.13. The number of para-hydroxylation sites is 2. The van der Waals surface area contributed by atoms with Crippen LogP contribution in [0.2, 0.25) is 0 Å². The standard InChI is InChI=1S/C41H33N5O/c1-25(2)27-17-19-43-39(21-27)45-36-12-7-6-9-31(36)32-15-13-29(23-37(32)45)47-30-14-16-33-34-10-8-11-35(42-5)41(34)46(38(33)24-30)40-22-28(26(3)4)18-20-44-40/h6-26H,1-4H3. The van der Waals surface area contributed by atoms with Crippen LogP contribution in [0.3, 0.4) is 0 Å². The van der Waals surface area contributed by atoms with Gasteiger partial charge in [0.05, 0.1) is 28.6 Å². The predicted octanol–water partition coefficient (Wildman–Crippen LogP) is 11.3. The van der Waals surface area contributed by atoms with Crippen molar-refractivity contribution in [2.45, 2.75) is 39.5 Å². The third-order valence-electron chi connectivity index (χ3n) is 9.07. The van der Waals surface area contributed by atoms with Crippen LogP contribution >= 0.6 is 0 Å². The van der Waals surface area contributed by atoms with Crippen LogP contribution in [-0.4, -0.2) is 19.1 Å². The fraction of sp³-hybridized carbons (Fsp3) is 0.146. The van der Waals surface area contributed by atoms with Gasteiger partial charge in [0, 0.05) is 40.7 Å². The number of hydrogen-bond donors (Lipinski definition) is 0. The van der Waals surface area contributed by atoms with Gasteiger partial charge in [0.25, 0.3) is 0 Å². The lowest BCUT2D eigenvalue weighted by molar-refractivity contribution is 0.484. The molecule has 8 rings (SSSR count). The predicted molar refractivity (Wildman–Crippen MR) is 192 cm³/mol. The Labute approximate surface area is 273 Å². The second-order valence-electron chi connectivity index (χ2n) is 12.6. The lowest BCUT2D eigenvalue weighted by atomic mass is 10.1. The first-order valence-electron chi connectivity index (χ1n) is 16.0. The molecule has 4 heterocycles. The van der Waals surface area contributed by atoms with Crippen molar-refractivity contribution in [3.05, 3.63) is 138 Å². The first kappa shape index (κ1) is 28.5. The van der Waals surface area contributed by atoms with Gasteiger partial charge in [-0.3, -0.25) is 4.57 Å². The van der Waals surface area contributed by atoms with E-state index in [0.29, 0.717) is 23.3 Å². The monoisotopic (exact) mass is 611 g/mol. The minimum atomic E-state index is 0.345. The summed E-state index contributed by atoms with van der Waals surface area (Å²) in [6.45, 7) is 16.7. The van der Waals surface area contributed by atoms with Crippen LogP contribution in [0.5, 0.6) is 11.5 Å². The maximum absolute atomic E-state index is 7.94. The van der Waals surface area contributed by atoms with Crippen LogP contribution in [0.4, 0.5) is 5.69 Å². The number of rotatable bonds is 6. The van der Waals surface area contributed by atoms with Crippen LogP contribution in [0.25, 0.3) is 60.1 Å². The highest BCUT2D eigenvalue weighted by Gasteiger charge is 2.19. The van der Waals surface area contributed by atoms with Crippen LogP contribution in [0.15, 0.2) is 116 Å². The normalized spacial score (nSPS) is 11.8. The molecule has 0 N–H and O–H groups in total. The Hall–Kier alpha value is -5.93. The second kappa shape index (κ2) is 11.1.